The Hall–Kier alpha value is -4.21. The number of aliphatic imine (C=N–C) groups is 1. The van der Waals surface area contributed by atoms with Gasteiger partial charge in [0, 0.05) is 25.7 Å². The fourth-order valence-electron chi connectivity index (χ4n) is 4.88. The van der Waals surface area contributed by atoms with Crippen molar-refractivity contribution in [3.63, 3.8) is 0 Å². The summed E-state index contributed by atoms with van der Waals surface area (Å²) in [7, 11) is 3.12. The number of carbonyl (C=O) groups is 1. The summed E-state index contributed by atoms with van der Waals surface area (Å²) in [5.41, 5.74) is 0.733. The van der Waals surface area contributed by atoms with E-state index in [1.165, 1.54) is 13.2 Å². The van der Waals surface area contributed by atoms with Crippen LogP contribution in [-0.4, -0.2) is 61.4 Å². The number of amides is 1. The van der Waals surface area contributed by atoms with Crippen molar-refractivity contribution in [1.29, 1.82) is 0 Å². The second-order valence-electron chi connectivity index (χ2n) is 9.49. The summed E-state index contributed by atoms with van der Waals surface area (Å²) < 4.78 is 57.1. The highest BCUT2D eigenvalue weighted by molar-refractivity contribution is 6.04. The fraction of sp³-hybridized carbons (Fsp3) is 0.310. The molecule has 204 valence electrons. The van der Waals surface area contributed by atoms with Crippen LogP contribution in [0.2, 0.25) is 0 Å². The van der Waals surface area contributed by atoms with Gasteiger partial charge in [0.05, 0.1) is 31.8 Å². The number of ether oxygens (including phenoxy) is 3. The van der Waals surface area contributed by atoms with E-state index in [0.29, 0.717) is 48.3 Å². The van der Waals surface area contributed by atoms with Gasteiger partial charge >= 0.3 is 6.18 Å². The quantitative estimate of drug-likeness (QED) is 0.427. The van der Waals surface area contributed by atoms with Gasteiger partial charge in [-0.15, -0.1) is 0 Å². The summed E-state index contributed by atoms with van der Waals surface area (Å²) in [4.78, 5) is 21.7. The van der Waals surface area contributed by atoms with E-state index in [0.717, 1.165) is 17.7 Å². The van der Waals surface area contributed by atoms with Gasteiger partial charge in [0.1, 0.15) is 28.8 Å². The average Bonchev–Trinajstić information content (AvgIpc) is 3.08. The predicted octanol–water partition coefficient (Wildman–Crippen LogP) is 5.68. The summed E-state index contributed by atoms with van der Waals surface area (Å²) in [5, 5.41) is 0. The molecular weight excluding hydrogens is 511 g/mol. The number of fused-ring (bicyclic) bond motifs is 2. The Balaban J connectivity index is 1.44. The Labute approximate surface area is 224 Å². The van der Waals surface area contributed by atoms with Crippen LogP contribution in [0, 0.1) is 0 Å². The van der Waals surface area contributed by atoms with Crippen molar-refractivity contribution in [2.75, 3.05) is 33.9 Å². The van der Waals surface area contributed by atoms with Crippen LogP contribution in [0.1, 0.15) is 23.6 Å². The zero-order valence-corrected chi connectivity index (χ0v) is 21.8. The van der Waals surface area contributed by atoms with E-state index in [9.17, 15) is 18.0 Å². The number of hydrogen-bond donors (Lipinski definition) is 0. The first-order valence-electron chi connectivity index (χ1n) is 12.5. The Morgan fingerprint density at radius 1 is 1.00 bits per heavy atom. The number of rotatable bonds is 4. The summed E-state index contributed by atoms with van der Waals surface area (Å²) in [5.74, 6) is 2.39. The lowest BCUT2D eigenvalue weighted by molar-refractivity contribution is -0.137. The first-order chi connectivity index (χ1) is 18.7. The molecule has 0 radical (unpaired) electrons. The zero-order chi connectivity index (χ0) is 27.7. The van der Waals surface area contributed by atoms with E-state index in [4.69, 9.17) is 14.2 Å². The maximum atomic E-state index is 13.5. The first-order valence-corrected chi connectivity index (χ1v) is 12.5. The Bertz CT molecular complexity index is 1420. The van der Waals surface area contributed by atoms with E-state index in [1.807, 2.05) is 41.0 Å². The smallest absolute Gasteiger partial charge is 0.416 e. The molecule has 2 heterocycles. The molecule has 1 unspecified atom stereocenters. The molecule has 2 aliphatic heterocycles. The standard InChI is InChI=1S/C29H28F3N3O4/c1-18-17-34(11-12-35(18)27(36)14-19-5-4-6-21(13-19)37-2)28-23-16-22(38-3)8-10-25(23)39-26-9-7-20(29(30,31)32)15-24(26)33-28/h4-10,13,15-16,18H,11-12,14,17H2,1-3H3. The number of amidine groups is 1. The molecule has 1 atom stereocenters. The number of nitrogens with zero attached hydrogens (tertiary/aromatic N) is 3. The van der Waals surface area contributed by atoms with Crippen molar-refractivity contribution in [2.24, 2.45) is 4.99 Å². The minimum Gasteiger partial charge on any atom is -0.497 e. The van der Waals surface area contributed by atoms with Gasteiger partial charge in [0.2, 0.25) is 5.91 Å². The van der Waals surface area contributed by atoms with E-state index in [-0.39, 0.29) is 29.8 Å². The Morgan fingerprint density at radius 2 is 1.74 bits per heavy atom. The molecule has 3 aromatic carbocycles. The highest BCUT2D eigenvalue weighted by atomic mass is 19.4. The van der Waals surface area contributed by atoms with Crippen molar-refractivity contribution < 1.29 is 32.2 Å². The van der Waals surface area contributed by atoms with Crippen molar-refractivity contribution in [3.8, 4) is 23.0 Å². The van der Waals surface area contributed by atoms with Crippen LogP contribution in [0.25, 0.3) is 0 Å². The summed E-state index contributed by atoms with van der Waals surface area (Å²) >= 11 is 0. The number of carbonyl (C=O) groups excluding carboxylic acids is 1. The molecule has 39 heavy (non-hydrogen) atoms. The Morgan fingerprint density at radius 3 is 2.46 bits per heavy atom. The van der Waals surface area contributed by atoms with E-state index < -0.39 is 11.7 Å². The van der Waals surface area contributed by atoms with Crippen molar-refractivity contribution in [2.45, 2.75) is 25.6 Å². The predicted molar refractivity (Wildman–Crippen MR) is 140 cm³/mol. The first kappa shape index (κ1) is 26.4. The van der Waals surface area contributed by atoms with E-state index in [1.54, 1.807) is 25.3 Å². The number of halogens is 3. The molecule has 5 rings (SSSR count). The van der Waals surface area contributed by atoms with Gasteiger partial charge in [0.25, 0.3) is 0 Å². The van der Waals surface area contributed by atoms with E-state index >= 15 is 0 Å². The average molecular weight is 540 g/mol. The lowest BCUT2D eigenvalue weighted by Crippen LogP contribution is -2.55. The van der Waals surface area contributed by atoms with Crippen LogP contribution in [0.4, 0.5) is 18.9 Å². The maximum Gasteiger partial charge on any atom is 0.416 e. The summed E-state index contributed by atoms with van der Waals surface area (Å²) in [6.07, 6.45) is -4.28. The van der Waals surface area contributed by atoms with Crippen molar-refractivity contribution in [3.05, 3.63) is 77.4 Å². The molecule has 0 N–H and O–H groups in total. The molecule has 0 spiro atoms. The van der Waals surface area contributed by atoms with Gasteiger partial charge in [-0.1, -0.05) is 12.1 Å². The molecule has 1 amide bonds. The summed E-state index contributed by atoms with van der Waals surface area (Å²) in [6, 6.07) is 15.7. The number of alkyl halides is 3. The number of hydrogen-bond acceptors (Lipinski definition) is 6. The van der Waals surface area contributed by atoms with Crippen LogP contribution < -0.4 is 14.2 Å². The minimum atomic E-state index is -4.52. The molecule has 7 nitrogen and oxygen atoms in total. The third kappa shape index (κ3) is 5.50. The maximum absolute atomic E-state index is 13.5. The monoisotopic (exact) mass is 539 g/mol. The lowest BCUT2D eigenvalue weighted by atomic mass is 10.1. The summed E-state index contributed by atoms with van der Waals surface area (Å²) in [6.45, 7) is 3.26. The lowest BCUT2D eigenvalue weighted by Gasteiger charge is -2.41. The third-order valence-electron chi connectivity index (χ3n) is 6.90. The molecule has 1 fully saturated rings. The largest absolute Gasteiger partial charge is 0.497 e. The molecule has 3 aromatic rings. The minimum absolute atomic E-state index is 0.0104. The fourth-order valence-corrected chi connectivity index (χ4v) is 4.88. The van der Waals surface area contributed by atoms with Crippen LogP contribution in [0.15, 0.2) is 65.7 Å². The van der Waals surface area contributed by atoms with Gasteiger partial charge in [-0.25, -0.2) is 4.99 Å². The van der Waals surface area contributed by atoms with E-state index in [2.05, 4.69) is 4.99 Å². The molecule has 0 aliphatic carbocycles. The molecule has 10 heteroatoms. The zero-order valence-electron chi connectivity index (χ0n) is 21.8. The van der Waals surface area contributed by atoms with Crippen LogP contribution in [0.5, 0.6) is 23.0 Å². The SMILES string of the molecule is COc1cccc(CC(=O)N2CCN(C3=Nc4cc(C(F)(F)F)ccc4Oc4ccc(OC)cc43)CC2C)c1. The second-order valence-corrected chi connectivity index (χ2v) is 9.49. The van der Waals surface area contributed by atoms with Gasteiger partial charge in [-0.05, 0) is 61.0 Å². The molecule has 1 saturated heterocycles. The normalized spacial score (nSPS) is 16.9. The number of benzene rings is 3. The second kappa shape index (κ2) is 10.5. The topological polar surface area (TPSA) is 63.6 Å². The molecule has 0 aromatic heterocycles. The van der Waals surface area contributed by atoms with Crippen LogP contribution in [-0.2, 0) is 17.4 Å². The molecule has 2 aliphatic rings. The van der Waals surface area contributed by atoms with Gasteiger partial charge in [0.15, 0.2) is 5.75 Å². The molecule has 0 saturated carbocycles. The highest BCUT2D eigenvalue weighted by Gasteiger charge is 2.34. The van der Waals surface area contributed by atoms with Gasteiger partial charge in [-0.3, -0.25) is 4.79 Å². The number of piperazine rings is 1. The van der Waals surface area contributed by atoms with Crippen LogP contribution >= 0.6 is 0 Å². The van der Waals surface area contributed by atoms with Gasteiger partial charge in [-0.2, -0.15) is 13.2 Å². The molecule has 0 bridgehead atoms. The number of methoxy groups -OCH3 is 2. The Kier molecular flexibility index (Phi) is 7.12. The third-order valence-corrected chi connectivity index (χ3v) is 6.90. The van der Waals surface area contributed by atoms with Gasteiger partial charge < -0.3 is 24.0 Å². The van der Waals surface area contributed by atoms with Crippen molar-refractivity contribution in [1.82, 2.24) is 9.80 Å². The highest BCUT2D eigenvalue weighted by Crippen LogP contribution is 2.42. The van der Waals surface area contributed by atoms with Crippen molar-refractivity contribution >= 4 is 17.4 Å². The molecular formula is C29H28F3N3O4. The van der Waals surface area contributed by atoms with Crippen LogP contribution in [0.3, 0.4) is 0 Å².